The maximum atomic E-state index is 7.61. The van der Waals surface area contributed by atoms with Gasteiger partial charge in [0.15, 0.2) is 0 Å². The fraction of sp³-hybridized carbons (Fsp3) is 0.250. The van der Waals surface area contributed by atoms with Crippen molar-refractivity contribution in [3.63, 3.8) is 0 Å². The van der Waals surface area contributed by atoms with Gasteiger partial charge in [-0.2, -0.15) is 0 Å². The van der Waals surface area contributed by atoms with Crippen molar-refractivity contribution < 1.29 is 8.23 Å². The fourth-order valence-corrected chi connectivity index (χ4v) is 19.7. The average molecular weight is 601 g/mol. The van der Waals surface area contributed by atoms with Crippen molar-refractivity contribution >= 4 is 73.9 Å². The Morgan fingerprint density at radius 3 is 1.00 bits per heavy atom. The van der Waals surface area contributed by atoms with E-state index in [9.17, 15) is 0 Å². The summed E-state index contributed by atoms with van der Waals surface area (Å²) in [6.07, 6.45) is 0. The van der Waals surface area contributed by atoms with E-state index in [1.807, 2.05) is 0 Å². The molecular weight excluding hydrogens is 557 g/mol. The summed E-state index contributed by atoms with van der Waals surface area (Å²) in [6.45, 7) is 18.9. The Balaban J connectivity index is 1.86. The summed E-state index contributed by atoms with van der Waals surface area (Å²) in [6, 6.07) is 40.1. The Hall–Kier alpha value is -2.12. The smallest absolute Gasteiger partial charge is 0.386 e. The first-order chi connectivity index (χ1) is 18.4. The van der Waals surface area contributed by atoms with Crippen molar-refractivity contribution in [1.82, 2.24) is 0 Å². The van der Waals surface area contributed by atoms with Crippen LogP contribution in [-0.2, 0) is 8.23 Å². The first kappa shape index (κ1) is 29.9. The summed E-state index contributed by atoms with van der Waals surface area (Å²) in [7, 11) is -9.58. The maximum Gasteiger partial charge on any atom is 0.386 e. The molecule has 0 heterocycles. The highest BCUT2D eigenvalue weighted by atomic mass is 28.5. The number of benzene rings is 4. The van der Waals surface area contributed by atoms with Crippen molar-refractivity contribution in [2.75, 3.05) is 0 Å². The zero-order chi connectivity index (χ0) is 28.3. The van der Waals surface area contributed by atoms with Gasteiger partial charge in [-0.3, -0.25) is 0 Å². The van der Waals surface area contributed by atoms with Crippen LogP contribution in [0.25, 0.3) is 0 Å². The molecule has 2 nitrogen and oxygen atoms in total. The second-order valence-electron chi connectivity index (χ2n) is 12.1. The molecule has 0 fully saturated rings. The van der Waals surface area contributed by atoms with Crippen molar-refractivity contribution in [3.8, 4) is 0 Å². The van der Waals surface area contributed by atoms with Crippen molar-refractivity contribution in [2.24, 2.45) is 0 Å². The highest BCUT2D eigenvalue weighted by molar-refractivity contribution is 7.06. The highest BCUT2D eigenvalue weighted by Crippen LogP contribution is 2.22. The van der Waals surface area contributed by atoms with Crippen LogP contribution in [0.3, 0.4) is 0 Å². The number of hydrogen-bond donors (Lipinski definition) is 0. The van der Waals surface area contributed by atoms with Gasteiger partial charge in [-0.25, -0.2) is 0 Å². The zero-order valence-corrected chi connectivity index (χ0v) is 30.2. The molecule has 0 unspecified atom stereocenters. The summed E-state index contributed by atoms with van der Waals surface area (Å²) >= 11 is 0. The van der Waals surface area contributed by atoms with E-state index in [0.29, 0.717) is 0 Å². The molecule has 0 radical (unpaired) electrons. The van der Waals surface area contributed by atoms with Gasteiger partial charge in [0.1, 0.15) is 0 Å². The van der Waals surface area contributed by atoms with Crippen LogP contribution in [0.5, 0.6) is 0 Å². The van der Waals surface area contributed by atoms with Gasteiger partial charge in [0.05, 0.1) is 17.6 Å². The summed E-state index contributed by atoms with van der Waals surface area (Å²) in [5.74, 6) is 0. The molecule has 0 aliphatic heterocycles. The van der Waals surface area contributed by atoms with Crippen LogP contribution < -0.4 is 31.1 Å². The minimum Gasteiger partial charge on any atom is -0.426 e. The molecule has 0 aliphatic carbocycles. The Labute approximate surface area is 242 Å². The minimum atomic E-state index is -3.11. The summed E-state index contributed by atoms with van der Waals surface area (Å²) in [5, 5.41) is 7.98. The Kier molecular flexibility index (Phi) is 9.32. The summed E-state index contributed by atoms with van der Waals surface area (Å²) in [5.41, 5.74) is 0. The fourth-order valence-electron chi connectivity index (χ4n) is 5.11. The van der Waals surface area contributed by atoms with Gasteiger partial charge in [0.2, 0.25) is 16.6 Å². The molecule has 0 aromatic heterocycles. The largest absolute Gasteiger partial charge is 0.426 e. The summed E-state index contributed by atoms with van der Waals surface area (Å²) in [4.78, 5) is 0. The molecule has 204 valence electrons. The molecule has 0 atom stereocenters. The van der Waals surface area contributed by atoms with Gasteiger partial charge in [-0.15, -0.1) is 0 Å². The molecule has 0 aliphatic rings. The Morgan fingerprint density at radius 2 is 0.718 bits per heavy atom. The van der Waals surface area contributed by atoms with Gasteiger partial charge < -0.3 is 8.23 Å². The van der Waals surface area contributed by atoms with Crippen LogP contribution in [0, 0.1) is 0 Å². The molecule has 0 spiro atoms. The van der Waals surface area contributed by atoms with Crippen molar-refractivity contribution in [1.29, 1.82) is 0 Å². The normalized spacial score (nSPS) is 12.8. The Bertz CT molecular complexity index is 1230. The molecule has 7 heteroatoms. The first-order valence-electron chi connectivity index (χ1n) is 14.2. The molecule has 0 saturated carbocycles. The molecule has 0 amide bonds. The number of rotatable bonds is 10. The average Bonchev–Trinajstić information content (AvgIpc) is 2.93. The van der Waals surface area contributed by atoms with Gasteiger partial charge >= 0.3 is 8.56 Å². The topological polar surface area (TPSA) is 18.5 Å². The molecule has 0 N–H and O–H groups in total. The van der Waals surface area contributed by atoms with Gasteiger partial charge in [0.25, 0.3) is 0 Å². The minimum absolute atomic E-state index is 0.851. The lowest BCUT2D eigenvalue weighted by Crippen LogP contribution is -2.73. The molecule has 4 aromatic rings. The lowest BCUT2D eigenvalue weighted by Gasteiger charge is -2.43. The van der Waals surface area contributed by atoms with E-state index >= 15 is 0 Å². The third-order valence-corrected chi connectivity index (χ3v) is 23.1. The van der Waals surface area contributed by atoms with E-state index < -0.39 is 42.8 Å². The standard InChI is InChI=1S/C32H44O2Si5/c1-35(2)27-19-23-29(24-20-27)37(5,6)33-39(31-15-11-9-12-16-31,32-17-13-10-14-18-32)34-38(7,8)30-25-21-28(22-26-30)36(3)4/h9-26,35-36H,1-8H3. The van der Waals surface area contributed by atoms with Gasteiger partial charge in [-0.05, 0) is 46.9 Å². The highest BCUT2D eigenvalue weighted by Gasteiger charge is 2.51. The Morgan fingerprint density at radius 1 is 0.410 bits per heavy atom. The van der Waals surface area contributed by atoms with Crippen LogP contribution in [0.4, 0.5) is 0 Å². The second-order valence-corrected chi connectivity index (χ2v) is 29.3. The quantitative estimate of drug-likeness (QED) is 0.257. The van der Waals surface area contributed by atoms with E-state index in [4.69, 9.17) is 8.23 Å². The van der Waals surface area contributed by atoms with Crippen LogP contribution in [0.15, 0.2) is 109 Å². The number of hydrogen-bond acceptors (Lipinski definition) is 2. The third kappa shape index (κ3) is 6.79. The van der Waals surface area contributed by atoms with Gasteiger partial charge in [-0.1, -0.05) is 146 Å². The molecule has 0 saturated heterocycles. The molecular formula is C32H44O2Si5. The molecule has 0 bridgehead atoms. The monoisotopic (exact) mass is 600 g/mol. The van der Waals surface area contributed by atoms with E-state index in [1.165, 1.54) is 31.1 Å². The predicted octanol–water partition coefficient (Wildman–Crippen LogP) is 3.89. The molecule has 39 heavy (non-hydrogen) atoms. The van der Waals surface area contributed by atoms with Crippen LogP contribution >= 0.6 is 0 Å². The van der Waals surface area contributed by atoms with E-state index in [2.05, 4.69) is 162 Å². The van der Waals surface area contributed by atoms with Crippen LogP contribution in [-0.4, -0.2) is 42.8 Å². The van der Waals surface area contributed by atoms with Crippen LogP contribution in [0.2, 0.25) is 52.4 Å². The molecule has 4 rings (SSSR count). The SMILES string of the molecule is C[SiH](C)c1ccc([Si](C)(C)O[Si](O[Si](C)(C)c2ccc([SiH](C)C)cc2)(c2ccccc2)c2ccccc2)cc1. The van der Waals surface area contributed by atoms with E-state index in [-0.39, 0.29) is 0 Å². The first-order valence-corrected chi connectivity index (χ1v) is 27.6. The predicted molar refractivity (Wildman–Crippen MR) is 184 cm³/mol. The lowest BCUT2D eigenvalue weighted by molar-refractivity contribution is 0.419. The van der Waals surface area contributed by atoms with Gasteiger partial charge in [0, 0.05) is 0 Å². The van der Waals surface area contributed by atoms with Crippen LogP contribution in [0.1, 0.15) is 0 Å². The second kappa shape index (κ2) is 12.2. The third-order valence-electron chi connectivity index (χ3n) is 7.65. The lowest BCUT2D eigenvalue weighted by atomic mass is 10.4. The maximum absolute atomic E-state index is 7.61. The zero-order valence-electron chi connectivity index (χ0n) is 24.9. The van der Waals surface area contributed by atoms with E-state index in [0.717, 1.165) is 0 Å². The van der Waals surface area contributed by atoms with E-state index in [1.54, 1.807) is 0 Å². The van der Waals surface area contributed by atoms with Crippen molar-refractivity contribution in [2.45, 2.75) is 52.4 Å². The summed E-state index contributed by atoms with van der Waals surface area (Å²) < 4.78 is 15.2. The van der Waals surface area contributed by atoms with Crippen molar-refractivity contribution in [3.05, 3.63) is 109 Å². The molecule has 4 aromatic carbocycles.